The minimum atomic E-state index is -3.15. The summed E-state index contributed by atoms with van der Waals surface area (Å²) in [6.07, 6.45) is 10.8. The molecule has 0 aliphatic rings. The molecule has 1 atom stereocenters. The van der Waals surface area contributed by atoms with Gasteiger partial charge in [-0.2, -0.15) is 0 Å². The highest BCUT2D eigenvalue weighted by molar-refractivity contribution is 6.99. The van der Waals surface area contributed by atoms with Gasteiger partial charge in [-0.1, -0.05) is 193 Å². The average Bonchev–Trinajstić information content (AvgIpc) is 3.24. The zero-order valence-electron chi connectivity index (χ0n) is 35.4. The zero-order valence-corrected chi connectivity index (χ0v) is 36.4. The molecule has 0 saturated heterocycles. The lowest BCUT2D eigenvalue weighted by molar-refractivity contribution is -0.159. The largest absolute Gasteiger partial charge is 0.466 e. The second-order valence-corrected chi connectivity index (χ2v) is 20.4. The number of carbonyl (C=O) groups excluding carboxylic acids is 2. The molecule has 0 N–H and O–H groups in total. The van der Waals surface area contributed by atoms with Gasteiger partial charge in [-0.05, 0) is 52.2 Å². The molecule has 0 amide bonds. The van der Waals surface area contributed by atoms with E-state index in [0.29, 0.717) is 19.8 Å². The molecule has 0 spiro atoms. The normalized spacial score (nSPS) is 12.3. The Morgan fingerprint density at radius 3 is 1.26 bits per heavy atom. The summed E-state index contributed by atoms with van der Waals surface area (Å²) in [6.45, 7) is 9.91. The lowest BCUT2D eigenvalue weighted by Gasteiger charge is -2.44. The van der Waals surface area contributed by atoms with Crippen LogP contribution in [0, 0.1) is 0 Å². The zero-order chi connectivity index (χ0) is 41.2. The van der Waals surface area contributed by atoms with E-state index in [1.807, 2.05) is 72.8 Å². The van der Waals surface area contributed by atoms with Gasteiger partial charge in [0, 0.05) is 13.2 Å². The summed E-state index contributed by atoms with van der Waals surface area (Å²) in [5.74, 6) is -0.948. The Morgan fingerprint density at radius 1 is 0.483 bits per heavy atom. The molecule has 7 nitrogen and oxygen atoms in total. The maximum absolute atomic E-state index is 13.9. The molecule has 58 heavy (non-hydrogen) atoms. The molecule has 0 aliphatic carbocycles. The summed E-state index contributed by atoms with van der Waals surface area (Å²) >= 11 is 0. The van der Waals surface area contributed by atoms with Crippen LogP contribution < -0.4 is 10.4 Å². The SMILES string of the molecule is CC(C)(C)[Si](OC(CC(=O)OCCCCCCCCOCc1ccccc1)C(=O)OCCCCCCCCOCc1ccccc1)(c1ccccc1)c1ccccc1. The third kappa shape index (κ3) is 16.6. The first-order valence-corrected chi connectivity index (χ1v) is 23.5. The van der Waals surface area contributed by atoms with Crippen molar-refractivity contribution in [2.75, 3.05) is 26.4 Å². The highest BCUT2D eigenvalue weighted by atomic mass is 28.4. The van der Waals surface area contributed by atoms with E-state index in [1.54, 1.807) is 0 Å². The van der Waals surface area contributed by atoms with Crippen LogP contribution in [-0.2, 0) is 46.2 Å². The van der Waals surface area contributed by atoms with Crippen molar-refractivity contribution in [1.29, 1.82) is 0 Å². The fourth-order valence-corrected chi connectivity index (χ4v) is 11.9. The number of hydrogen-bond donors (Lipinski definition) is 0. The minimum absolute atomic E-state index is 0.196. The van der Waals surface area contributed by atoms with Crippen LogP contribution in [0.5, 0.6) is 0 Å². The molecule has 0 aliphatic heterocycles. The van der Waals surface area contributed by atoms with Gasteiger partial charge >= 0.3 is 11.9 Å². The van der Waals surface area contributed by atoms with Gasteiger partial charge in [0.15, 0.2) is 6.10 Å². The first-order chi connectivity index (χ1) is 28.3. The summed E-state index contributed by atoms with van der Waals surface area (Å²) in [5.41, 5.74) is 2.39. The summed E-state index contributed by atoms with van der Waals surface area (Å²) < 4.78 is 30.4. The lowest BCUT2D eigenvalue weighted by atomic mass is 10.1. The van der Waals surface area contributed by atoms with Crippen molar-refractivity contribution < 1.29 is 33.0 Å². The van der Waals surface area contributed by atoms with Crippen molar-refractivity contribution in [3.63, 3.8) is 0 Å². The van der Waals surface area contributed by atoms with Crippen molar-refractivity contribution >= 4 is 30.6 Å². The number of unbranched alkanes of at least 4 members (excludes halogenated alkanes) is 10. The van der Waals surface area contributed by atoms with Gasteiger partial charge < -0.3 is 23.4 Å². The van der Waals surface area contributed by atoms with Gasteiger partial charge in [0.25, 0.3) is 8.32 Å². The van der Waals surface area contributed by atoms with Crippen LogP contribution in [0.15, 0.2) is 121 Å². The monoisotopic (exact) mass is 808 g/mol. The van der Waals surface area contributed by atoms with Crippen LogP contribution in [-0.4, -0.2) is 52.8 Å². The molecule has 0 saturated carbocycles. The topological polar surface area (TPSA) is 80.3 Å². The van der Waals surface area contributed by atoms with Crippen LogP contribution in [0.25, 0.3) is 0 Å². The van der Waals surface area contributed by atoms with E-state index in [1.165, 1.54) is 11.1 Å². The Hall–Kier alpha value is -4.08. The van der Waals surface area contributed by atoms with Gasteiger partial charge in [0.05, 0.1) is 32.8 Å². The Bertz CT molecular complexity index is 1620. The minimum Gasteiger partial charge on any atom is -0.466 e. The Kier molecular flexibility index (Phi) is 21.6. The van der Waals surface area contributed by atoms with E-state index in [0.717, 1.165) is 101 Å². The third-order valence-corrected chi connectivity index (χ3v) is 15.5. The van der Waals surface area contributed by atoms with E-state index in [2.05, 4.69) is 69.3 Å². The predicted molar refractivity (Wildman–Crippen MR) is 237 cm³/mol. The Morgan fingerprint density at radius 2 is 0.845 bits per heavy atom. The van der Waals surface area contributed by atoms with Gasteiger partial charge in [-0.15, -0.1) is 0 Å². The molecular formula is C50H68O7Si. The molecule has 0 bridgehead atoms. The van der Waals surface area contributed by atoms with Crippen molar-refractivity contribution in [3.05, 3.63) is 132 Å². The smallest absolute Gasteiger partial charge is 0.334 e. The van der Waals surface area contributed by atoms with Crippen molar-refractivity contribution in [3.8, 4) is 0 Å². The molecule has 8 heteroatoms. The van der Waals surface area contributed by atoms with E-state index < -0.39 is 26.4 Å². The van der Waals surface area contributed by atoms with Crippen LogP contribution in [0.2, 0.25) is 5.04 Å². The number of esters is 2. The van der Waals surface area contributed by atoms with E-state index in [9.17, 15) is 9.59 Å². The summed E-state index contributed by atoms with van der Waals surface area (Å²) in [4.78, 5) is 27.3. The molecule has 0 radical (unpaired) electrons. The standard InChI is InChI=1S/C50H68O7Si/c1-50(2,3)58(45-32-20-14-21-33-45,46-34-22-15-23-35-46)57-47(49(52)56-39-27-11-7-5-9-25-37-54-42-44-30-18-13-19-31-44)40-48(51)55-38-26-10-6-4-8-24-36-53-41-43-28-16-12-17-29-43/h12-23,28-35,47H,4-11,24-27,36-42H2,1-3H3. The fourth-order valence-electron chi connectivity index (χ4n) is 7.29. The van der Waals surface area contributed by atoms with Crippen molar-refractivity contribution in [2.24, 2.45) is 0 Å². The molecule has 1 unspecified atom stereocenters. The second kappa shape index (κ2) is 26.8. The predicted octanol–water partition coefficient (Wildman–Crippen LogP) is 10.5. The highest BCUT2D eigenvalue weighted by Crippen LogP contribution is 2.38. The quantitative estimate of drug-likeness (QED) is 0.0307. The summed E-state index contributed by atoms with van der Waals surface area (Å²) in [7, 11) is -3.15. The van der Waals surface area contributed by atoms with Crippen LogP contribution in [0.4, 0.5) is 0 Å². The number of rotatable bonds is 29. The van der Waals surface area contributed by atoms with Crippen LogP contribution in [0.1, 0.15) is 115 Å². The Balaban J connectivity index is 1.25. The second-order valence-electron chi connectivity index (χ2n) is 16.2. The van der Waals surface area contributed by atoms with E-state index >= 15 is 0 Å². The van der Waals surface area contributed by atoms with Gasteiger partial charge in [0.1, 0.15) is 0 Å². The molecule has 0 aromatic heterocycles. The molecule has 0 heterocycles. The molecule has 4 aromatic carbocycles. The highest BCUT2D eigenvalue weighted by Gasteiger charge is 2.52. The van der Waals surface area contributed by atoms with Crippen LogP contribution >= 0.6 is 0 Å². The molecule has 4 rings (SSSR count). The number of hydrogen-bond acceptors (Lipinski definition) is 7. The van der Waals surface area contributed by atoms with E-state index in [-0.39, 0.29) is 18.1 Å². The molecule has 4 aromatic rings. The molecule has 314 valence electrons. The third-order valence-electron chi connectivity index (χ3n) is 10.4. The van der Waals surface area contributed by atoms with E-state index in [4.69, 9.17) is 23.4 Å². The average molecular weight is 809 g/mol. The number of carbonyl (C=O) groups is 2. The van der Waals surface area contributed by atoms with Crippen LogP contribution in [0.3, 0.4) is 0 Å². The summed E-state index contributed by atoms with van der Waals surface area (Å²) in [5, 5.41) is 1.69. The maximum atomic E-state index is 13.9. The van der Waals surface area contributed by atoms with Gasteiger partial charge in [-0.3, -0.25) is 4.79 Å². The molecular weight excluding hydrogens is 741 g/mol. The van der Waals surface area contributed by atoms with Gasteiger partial charge in [-0.25, -0.2) is 4.79 Å². The summed E-state index contributed by atoms with van der Waals surface area (Å²) in [6, 6.07) is 40.8. The number of benzene rings is 4. The first kappa shape index (κ1) is 46.6. The van der Waals surface area contributed by atoms with Crippen molar-refractivity contribution in [1.82, 2.24) is 0 Å². The van der Waals surface area contributed by atoms with Crippen molar-refractivity contribution in [2.45, 2.75) is 129 Å². The first-order valence-electron chi connectivity index (χ1n) is 21.6. The molecule has 0 fully saturated rings. The fraction of sp³-hybridized carbons (Fsp3) is 0.480. The Labute approximate surface area is 349 Å². The maximum Gasteiger partial charge on any atom is 0.334 e. The van der Waals surface area contributed by atoms with Gasteiger partial charge in [0.2, 0.25) is 0 Å². The number of ether oxygens (including phenoxy) is 4. The lowest BCUT2D eigenvalue weighted by Crippen LogP contribution is -2.68.